The number of anilines is 1. The molecule has 2 N–H and O–H groups in total. The fraction of sp³-hybridized carbons (Fsp3) is 0.333. The fourth-order valence-corrected chi connectivity index (χ4v) is 3.38. The normalized spacial score (nSPS) is 10.5. The van der Waals surface area contributed by atoms with E-state index in [1.54, 1.807) is 6.07 Å². The zero-order valence-electron chi connectivity index (χ0n) is 13.8. The van der Waals surface area contributed by atoms with Crippen LogP contribution in [0, 0.1) is 0 Å². The van der Waals surface area contributed by atoms with Crippen molar-refractivity contribution >= 4 is 40.4 Å². The predicted molar refractivity (Wildman–Crippen MR) is 100 cm³/mol. The van der Waals surface area contributed by atoms with Crippen LogP contribution in [0.3, 0.4) is 0 Å². The highest BCUT2D eigenvalue weighted by Gasteiger charge is 2.13. The lowest BCUT2D eigenvalue weighted by atomic mass is 10.0. The number of nitrogens with one attached hydrogen (secondary N) is 2. The minimum absolute atomic E-state index is 0.131. The Morgan fingerprint density at radius 2 is 1.96 bits per heavy atom. The molecule has 128 valence electrons. The van der Waals surface area contributed by atoms with E-state index in [2.05, 4.69) is 10.6 Å². The smallest absolute Gasteiger partial charge is 0.261 e. The Bertz CT molecular complexity index is 714. The lowest BCUT2D eigenvalue weighted by molar-refractivity contribution is -0.116. The third-order valence-electron chi connectivity index (χ3n) is 3.72. The molecule has 0 bridgehead atoms. The first-order chi connectivity index (χ1) is 11.6. The summed E-state index contributed by atoms with van der Waals surface area (Å²) in [7, 11) is 0. The molecule has 0 atom stereocenters. The van der Waals surface area contributed by atoms with Gasteiger partial charge in [0.25, 0.3) is 5.91 Å². The number of thiophene rings is 1. The summed E-state index contributed by atoms with van der Waals surface area (Å²) >= 11 is 7.61. The summed E-state index contributed by atoms with van der Waals surface area (Å²) in [4.78, 5) is 24.7. The zero-order chi connectivity index (χ0) is 17.5. The Hall–Kier alpha value is -1.85. The minimum atomic E-state index is -0.149. The van der Waals surface area contributed by atoms with Gasteiger partial charge in [0.05, 0.1) is 4.88 Å². The Morgan fingerprint density at radius 3 is 2.58 bits per heavy atom. The van der Waals surface area contributed by atoms with Gasteiger partial charge < -0.3 is 10.6 Å². The van der Waals surface area contributed by atoms with Gasteiger partial charge in [0.2, 0.25) is 5.91 Å². The molecular weight excluding hydrogens is 344 g/mol. The number of halogens is 1. The van der Waals surface area contributed by atoms with Crippen LogP contribution in [0.25, 0.3) is 0 Å². The van der Waals surface area contributed by atoms with Crippen molar-refractivity contribution in [1.29, 1.82) is 0 Å². The van der Waals surface area contributed by atoms with Gasteiger partial charge in [0, 0.05) is 23.7 Å². The van der Waals surface area contributed by atoms with Crippen molar-refractivity contribution < 1.29 is 9.59 Å². The lowest BCUT2D eigenvalue weighted by Crippen LogP contribution is -2.27. The van der Waals surface area contributed by atoms with Crippen LogP contribution in [0.2, 0.25) is 5.02 Å². The average molecular weight is 365 g/mol. The Labute approximate surface area is 151 Å². The molecule has 0 aliphatic carbocycles. The standard InChI is InChI=1S/C18H21ClN2O2S/c1-3-12-7-8-14(19)13(4-2)17(12)21-16(22)9-10-20-18(23)15-6-5-11-24-15/h5-8,11H,3-4,9-10H2,1-2H3,(H,20,23)(H,21,22). The second-order valence-electron chi connectivity index (χ2n) is 5.30. The molecule has 0 aliphatic rings. The Balaban J connectivity index is 1.95. The molecule has 1 aromatic carbocycles. The van der Waals surface area contributed by atoms with E-state index in [4.69, 9.17) is 11.6 Å². The molecule has 24 heavy (non-hydrogen) atoms. The monoisotopic (exact) mass is 364 g/mol. The van der Waals surface area contributed by atoms with E-state index < -0.39 is 0 Å². The molecule has 0 saturated carbocycles. The van der Waals surface area contributed by atoms with Gasteiger partial charge in [-0.2, -0.15) is 0 Å². The summed E-state index contributed by atoms with van der Waals surface area (Å²) in [6.45, 7) is 4.35. The number of carbonyl (C=O) groups excluding carboxylic acids is 2. The van der Waals surface area contributed by atoms with Crippen LogP contribution in [0.15, 0.2) is 29.6 Å². The van der Waals surface area contributed by atoms with Crippen molar-refractivity contribution in [2.24, 2.45) is 0 Å². The second kappa shape index (κ2) is 8.85. The van der Waals surface area contributed by atoms with Crippen LogP contribution in [0.1, 0.15) is 41.1 Å². The summed E-state index contributed by atoms with van der Waals surface area (Å²) in [5.74, 6) is -0.280. The van der Waals surface area contributed by atoms with Crippen molar-refractivity contribution in [1.82, 2.24) is 5.32 Å². The van der Waals surface area contributed by atoms with Gasteiger partial charge in [0.1, 0.15) is 0 Å². The van der Waals surface area contributed by atoms with Crippen LogP contribution in [0.4, 0.5) is 5.69 Å². The maximum absolute atomic E-state index is 12.2. The van der Waals surface area contributed by atoms with E-state index in [9.17, 15) is 9.59 Å². The van der Waals surface area contributed by atoms with Crippen molar-refractivity contribution in [3.8, 4) is 0 Å². The molecule has 0 fully saturated rings. The molecule has 1 aromatic heterocycles. The number of carbonyl (C=O) groups is 2. The first kappa shape index (κ1) is 18.5. The molecule has 0 unspecified atom stereocenters. The number of hydrogen-bond donors (Lipinski definition) is 2. The topological polar surface area (TPSA) is 58.2 Å². The van der Waals surface area contributed by atoms with Gasteiger partial charge in [-0.25, -0.2) is 0 Å². The van der Waals surface area contributed by atoms with Crippen LogP contribution >= 0.6 is 22.9 Å². The summed E-state index contributed by atoms with van der Waals surface area (Å²) in [5.41, 5.74) is 2.82. The van der Waals surface area contributed by atoms with E-state index in [1.165, 1.54) is 11.3 Å². The van der Waals surface area contributed by atoms with Crippen molar-refractivity contribution in [2.45, 2.75) is 33.1 Å². The summed E-state index contributed by atoms with van der Waals surface area (Å²) in [6.07, 6.45) is 1.78. The van der Waals surface area contributed by atoms with Crippen molar-refractivity contribution in [3.05, 3.63) is 50.7 Å². The molecule has 2 aromatic rings. The molecule has 0 radical (unpaired) electrons. The van der Waals surface area contributed by atoms with E-state index >= 15 is 0 Å². The molecule has 1 heterocycles. The van der Waals surface area contributed by atoms with Crippen molar-refractivity contribution in [2.75, 3.05) is 11.9 Å². The Kier molecular flexibility index (Phi) is 6.82. The van der Waals surface area contributed by atoms with Gasteiger partial charge >= 0.3 is 0 Å². The third-order valence-corrected chi connectivity index (χ3v) is 4.95. The number of aryl methyl sites for hydroxylation is 1. The quantitative estimate of drug-likeness (QED) is 0.770. The number of benzene rings is 1. The van der Waals surface area contributed by atoms with Crippen LogP contribution in [0.5, 0.6) is 0 Å². The van der Waals surface area contributed by atoms with Gasteiger partial charge in [-0.3, -0.25) is 9.59 Å². The largest absolute Gasteiger partial charge is 0.351 e. The first-order valence-electron chi connectivity index (χ1n) is 7.98. The fourth-order valence-electron chi connectivity index (χ4n) is 2.45. The summed E-state index contributed by atoms with van der Waals surface area (Å²) < 4.78 is 0. The molecule has 0 aliphatic heterocycles. The highest BCUT2D eigenvalue weighted by atomic mass is 35.5. The Morgan fingerprint density at radius 1 is 1.17 bits per heavy atom. The first-order valence-corrected chi connectivity index (χ1v) is 9.24. The molecule has 0 saturated heterocycles. The number of rotatable bonds is 7. The van der Waals surface area contributed by atoms with Crippen molar-refractivity contribution in [3.63, 3.8) is 0 Å². The molecule has 4 nitrogen and oxygen atoms in total. The molecule has 0 spiro atoms. The van der Waals surface area contributed by atoms with Gasteiger partial charge in [0.15, 0.2) is 0 Å². The number of hydrogen-bond acceptors (Lipinski definition) is 3. The SMILES string of the molecule is CCc1ccc(Cl)c(CC)c1NC(=O)CCNC(=O)c1cccs1. The lowest BCUT2D eigenvalue weighted by Gasteiger charge is -2.16. The molecule has 6 heteroatoms. The average Bonchev–Trinajstić information content (AvgIpc) is 3.10. The minimum Gasteiger partial charge on any atom is -0.351 e. The van der Waals surface area contributed by atoms with Crippen LogP contribution in [-0.4, -0.2) is 18.4 Å². The van der Waals surface area contributed by atoms with E-state index in [-0.39, 0.29) is 18.2 Å². The molecular formula is C18H21ClN2O2S. The summed E-state index contributed by atoms with van der Waals surface area (Å²) in [5, 5.41) is 8.22. The predicted octanol–water partition coefficient (Wildman–Crippen LogP) is 4.28. The number of amides is 2. The maximum Gasteiger partial charge on any atom is 0.261 e. The molecule has 2 amide bonds. The molecule has 2 rings (SSSR count). The second-order valence-corrected chi connectivity index (χ2v) is 6.65. The van der Waals surface area contributed by atoms with Gasteiger partial charge in [-0.1, -0.05) is 37.6 Å². The highest BCUT2D eigenvalue weighted by molar-refractivity contribution is 7.12. The van der Waals surface area contributed by atoms with E-state index in [0.29, 0.717) is 16.4 Å². The third kappa shape index (κ3) is 4.58. The van der Waals surface area contributed by atoms with E-state index in [0.717, 1.165) is 29.7 Å². The highest BCUT2D eigenvalue weighted by Crippen LogP contribution is 2.29. The van der Waals surface area contributed by atoms with Gasteiger partial charge in [-0.05, 0) is 41.5 Å². The van der Waals surface area contributed by atoms with Crippen LogP contribution < -0.4 is 10.6 Å². The van der Waals surface area contributed by atoms with E-state index in [1.807, 2.05) is 37.4 Å². The zero-order valence-corrected chi connectivity index (χ0v) is 15.4. The van der Waals surface area contributed by atoms with Crippen LogP contribution in [-0.2, 0) is 17.6 Å². The summed E-state index contributed by atoms with van der Waals surface area (Å²) in [6, 6.07) is 7.39. The maximum atomic E-state index is 12.2. The van der Waals surface area contributed by atoms with Gasteiger partial charge in [-0.15, -0.1) is 11.3 Å².